The third kappa shape index (κ3) is 6.52. The number of carbonyl (C=O) groups is 2. The Hall–Kier alpha value is -4.57. The van der Waals surface area contributed by atoms with E-state index < -0.39 is 0 Å². The fourth-order valence-electron chi connectivity index (χ4n) is 3.94. The summed E-state index contributed by atoms with van der Waals surface area (Å²) in [6, 6.07) is 14.4. The number of hydrogen-bond acceptors (Lipinski definition) is 9. The molecule has 0 bridgehead atoms. The molecule has 4 aromatic rings. The molecular formula is C30H30N2O7S. The van der Waals surface area contributed by atoms with Gasteiger partial charge in [-0.25, -0.2) is 4.98 Å². The van der Waals surface area contributed by atoms with E-state index in [1.807, 2.05) is 12.1 Å². The number of fused-ring (bicyclic) bond motifs is 1. The minimum Gasteiger partial charge on any atom is -0.493 e. The van der Waals surface area contributed by atoms with E-state index in [1.54, 1.807) is 36.4 Å². The highest BCUT2D eigenvalue weighted by molar-refractivity contribution is 7.22. The maximum atomic E-state index is 12.9. The number of thiazole rings is 1. The van der Waals surface area contributed by atoms with Gasteiger partial charge in [-0.05, 0) is 60.0 Å². The Morgan fingerprint density at radius 1 is 0.875 bits per heavy atom. The maximum absolute atomic E-state index is 12.9. The van der Waals surface area contributed by atoms with Crippen LogP contribution in [0.5, 0.6) is 28.7 Å². The van der Waals surface area contributed by atoms with Crippen LogP contribution >= 0.6 is 11.3 Å². The number of ketones is 1. The van der Waals surface area contributed by atoms with E-state index in [-0.39, 0.29) is 18.3 Å². The Morgan fingerprint density at radius 3 is 2.25 bits per heavy atom. The summed E-state index contributed by atoms with van der Waals surface area (Å²) in [5, 5.41) is 3.30. The predicted molar refractivity (Wildman–Crippen MR) is 156 cm³/mol. The topological polar surface area (TPSA) is 105 Å². The van der Waals surface area contributed by atoms with E-state index in [0.29, 0.717) is 45.0 Å². The summed E-state index contributed by atoms with van der Waals surface area (Å²) in [7, 11) is 5.98. The summed E-state index contributed by atoms with van der Waals surface area (Å²) >= 11 is 1.41. The molecule has 1 heterocycles. The SMILES string of the molecule is CCc1ccc2nc(NC(=O)COc3cc(/C=C/C(=O)c4cc(OC)c(OC)c(OC)c4)ccc3OC)sc2c1. The summed E-state index contributed by atoms with van der Waals surface area (Å²) < 4.78 is 28.1. The number of carbonyl (C=O) groups excluding carboxylic acids is 2. The molecule has 1 aromatic heterocycles. The molecule has 3 aromatic carbocycles. The molecule has 0 aliphatic carbocycles. The summed E-state index contributed by atoms with van der Waals surface area (Å²) in [5.74, 6) is 1.36. The Bertz CT molecular complexity index is 1540. The van der Waals surface area contributed by atoms with Crippen LogP contribution in [-0.4, -0.2) is 51.7 Å². The molecule has 0 atom stereocenters. The number of nitrogens with zero attached hydrogens (tertiary/aromatic N) is 1. The van der Waals surface area contributed by atoms with Crippen molar-refractivity contribution >= 4 is 44.5 Å². The number of aryl methyl sites for hydroxylation is 1. The Morgan fingerprint density at radius 2 is 1.60 bits per heavy atom. The zero-order valence-electron chi connectivity index (χ0n) is 22.9. The van der Waals surface area contributed by atoms with Crippen molar-refractivity contribution in [3.05, 3.63) is 71.3 Å². The van der Waals surface area contributed by atoms with Gasteiger partial charge in [0.2, 0.25) is 5.75 Å². The van der Waals surface area contributed by atoms with Crippen molar-refractivity contribution in [2.45, 2.75) is 13.3 Å². The van der Waals surface area contributed by atoms with Crippen LogP contribution in [0, 0.1) is 0 Å². The summed E-state index contributed by atoms with van der Waals surface area (Å²) in [6.45, 7) is 1.85. The van der Waals surface area contributed by atoms with Crippen LogP contribution in [0.3, 0.4) is 0 Å². The lowest BCUT2D eigenvalue weighted by atomic mass is 10.1. The molecule has 0 aliphatic rings. The molecule has 0 radical (unpaired) electrons. The van der Waals surface area contributed by atoms with Gasteiger partial charge in [-0.2, -0.15) is 0 Å². The number of anilines is 1. The second-order valence-electron chi connectivity index (χ2n) is 8.53. The Labute approximate surface area is 236 Å². The van der Waals surface area contributed by atoms with Crippen molar-refractivity contribution in [3.63, 3.8) is 0 Å². The minimum atomic E-state index is -0.352. The van der Waals surface area contributed by atoms with Crippen LogP contribution in [0.25, 0.3) is 16.3 Å². The zero-order valence-corrected chi connectivity index (χ0v) is 23.7. The van der Waals surface area contributed by atoms with Crippen molar-refractivity contribution in [1.82, 2.24) is 4.98 Å². The number of amides is 1. The molecular weight excluding hydrogens is 532 g/mol. The highest BCUT2D eigenvalue weighted by atomic mass is 32.1. The van der Waals surface area contributed by atoms with Gasteiger partial charge in [0.05, 0.1) is 38.7 Å². The number of hydrogen-bond donors (Lipinski definition) is 1. The lowest BCUT2D eigenvalue weighted by molar-refractivity contribution is -0.118. The van der Waals surface area contributed by atoms with Crippen molar-refractivity contribution in [1.29, 1.82) is 0 Å². The number of aromatic nitrogens is 1. The smallest absolute Gasteiger partial charge is 0.264 e. The summed E-state index contributed by atoms with van der Waals surface area (Å²) in [4.78, 5) is 30.0. The third-order valence-electron chi connectivity index (χ3n) is 6.03. The molecule has 208 valence electrons. The molecule has 40 heavy (non-hydrogen) atoms. The zero-order chi connectivity index (χ0) is 28.6. The van der Waals surface area contributed by atoms with Crippen LogP contribution in [0.1, 0.15) is 28.4 Å². The standard InChI is InChI=1S/C30H30N2O7S/c1-6-18-7-10-21-27(14-18)40-30(31-21)32-28(34)17-39-24-13-19(9-12-23(24)35-2)8-11-22(33)20-15-25(36-3)29(38-5)26(16-20)37-4/h7-16H,6,17H2,1-5H3,(H,31,32,34)/b11-8+. The molecule has 1 amide bonds. The maximum Gasteiger partial charge on any atom is 0.264 e. The minimum absolute atomic E-state index is 0.246. The van der Waals surface area contributed by atoms with Crippen molar-refractivity contribution < 1.29 is 33.3 Å². The highest BCUT2D eigenvalue weighted by Crippen LogP contribution is 2.38. The molecule has 0 saturated carbocycles. The number of rotatable bonds is 12. The van der Waals surface area contributed by atoms with E-state index in [2.05, 4.69) is 23.3 Å². The molecule has 1 N–H and O–H groups in total. The van der Waals surface area contributed by atoms with E-state index in [9.17, 15) is 9.59 Å². The van der Waals surface area contributed by atoms with Crippen LogP contribution in [0.15, 0.2) is 54.6 Å². The molecule has 4 rings (SSSR count). The molecule has 0 aliphatic heterocycles. The first-order chi connectivity index (χ1) is 19.4. The van der Waals surface area contributed by atoms with Gasteiger partial charge >= 0.3 is 0 Å². The third-order valence-corrected chi connectivity index (χ3v) is 6.96. The number of nitrogens with one attached hydrogen (secondary N) is 1. The van der Waals surface area contributed by atoms with Gasteiger partial charge in [0.1, 0.15) is 0 Å². The Balaban J connectivity index is 1.44. The summed E-state index contributed by atoms with van der Waals surface area (Å²) in [5.41, 5.74) is 3.09. The second-order valence-corrected chi connectivity index (χ2v) is 9.56. The molecule has 9 nitrogen and oxygen atoms in total. The lowest BCUT2D eigenvalue weighted by Gasteiger charge is -2.13. The van der Waals surface area contributed by atoms with Crippen LogP contribution in [-0.2, 0) is 11.2 Å². The first-order valence-corrected chi connectivity index (χ1v) is 13.2. The first kappa shape index (κ1) is 28.4. The normalized spacial score (nSPS) is 10.9. The van der Waals surface area contributed by atoms with Gasteiger partial charge in [0.25, 0.3) is 5.91 Å². The van der Waals surface area contributed by atoms with Gasteiger partial charge in [0.15, 0.2) is 40.5 Å². The Kier molecular flexibility index (Phi) is 9.23. The quantitative estimate of drug-likeness (QED) is 0.170. The average Bonchev–Trinajstić information content (AvgIpc) is 3.39. The van der Waals surface area contributed by atoms with Crippen LogP contribution in [0.4, 0.5) is 5.13 Å². The van der Waals surface area contributed by atoms with E-state index >= 15 is 0 Å². The lowest BCUT2D eigenvalue weighted by Crippen LogP contribution is -2.20. The molecule has 0 saturated heterocycles. The van der Waals surface area contributed by atoms with Gasteiger partial charge < -0.3 is 23.7 Å². The number of allylic oxidation sites excluding steroid dienone is 1. The van der Waals surface area contributed by atoms with Gasteiger partial charge in [-0.1, -0.05) is 36.5 Å². The van der Waals surface area contributed by atoms with Gasteiger partial charge in [-0.3, -0.25) is 14.9 Å². The molecule has 0 unspecified atom stereocenters. The van der Waals surface area contributed by atoms with E-state index in [1.165, 1.54) is 51.4 Å². The van der Waals surface area contributed by atoms with Gasteiger partial charge in [0, 0.05) is 5.56 Å². The van der Waals surface area contributed by atoms with Crippen molar-refractivity contribution in [2.24, 2.45) is 0 Å². The monoisotopic (exact) mass is 562 g/mol. The van der Waals surface area contributed by atoms with Crippen LogP contribution < -0.4 is 29.0 Å². The molecule has 0 spiro atoms. The second kappa shape index (κ2) is 13.0. The average molecular weight is 563 g/mol. The fraction of sp³-hybridized carbons (Fsp3) is 0.233. The fourth-order valence-corrected chi connectivity index (χ4v) is 4.89. The van der Waals surface area contributed by atoms with Gasteiger partial charge in [-0.15, -0.1) is 0 Å². The van der Waals surface area contributed by atoms with E-state index in [4.69, 9.17) is 23.7 Å². The first-order valence-electron chi connectivity index (χ1n) is 12.4. The van der Waals surface area contributed by atoms with E-state index in [0.717, 1.165) is 16.6 Å². The number of ether oxygens (including phenoxy) is 5. The van der Waals surface area contributed by atoms with Crippen LogP contribution in [0.2, 0.25) is 0 Å². The van der Waals surface area contributed by atoms with Crippen molar-refractivity contribution in [3.8, 4) is 28.7 Å². The summed E-state index contributed by atoms with van der Waals surface area (Å²) in [6.07, 6.45) is 4.00. The molecule has 10 heteroatoms. The largest absolute Gasteiger partial charge is 0.493 e. The predicted octanol–water partition coefficient (Wildman–Crippen LogP) is 5.81. The highest BCUT2D eigenvalue weighted by Gasteiger charge is 2.16. The number of benzene rings is 3. The molecule has 0 fully saturated rings. The number of methoxy groups -OCH3 is 4. The van der Waals surface area contributed by atoms with Crippen molar-refractivity contribution in [2.75, 3.05) is 40.4 Å².